The molecule has 4 heterocycles. The number of carbonyl (C=O) groups excluding carboxylic acids is 1. The Kier molecular flexibility index (Phi) is 5.61. The fourth-order valence-corrected chi connectivity index (χ4v) is 5.57. The lowest BCUT2D eigenvalue weighted by Gasteiger charge is -2.39. The number of nitrogens with zero attached hydrogens (tertiary/aromatic N) is 5. The van der Waals surface area contributed by atoms with Crippen LogP contribution in [0.1, 0.15) is 34.8 Å². The van der Waals surface area contributed by atoms with Gasteiger partial charge in [-0.3, -0.25) is 9.89 Å². The van der Waals surface area contributed by atoms with E-state index in [9.17, 15) is 13.6 Å². The number of anilines is 1. The maximum Gasteiger partial charge on any atom is 0.268 e. The van der Waals surface area contributed by atoms with Crippen molar-refractivity contribution in [1.29, 1.82) is 0 Å². The molecule has 34 heavy (non-hydrogen) atoms. The van der Waals surface area contributed by atoms with E-state index in [0.29, 0.717) is 53.2 Å². The number of nitrogens with two attached hydrogens (primary N) is 2. The van der Waals surface area contributed by atoms with E-state index in [2.05, 4.69) is 25.1 Å². The van der Waals surface area contributed by atoms with E-state index >= 15 is 0 Å². The summed E-state index contributed by atoms with van der Waals surface area (Å²) >= 11 is 8.14. The van der Waals surface area contributed by atoms with E-state index in [-0.39, 0.29) is 18.1 Å². The van der Waals surface area contributed by atoms with Crippen LogP contribution in [-0.2, 0) is 0 Å². The Morgan fingerprint density at radius 3 is 2.71 bits per heavy atom. The molecule has 0 spiro atoms. The van der Waals surface area contributed by atoms with Crippen molar-refractivity contribution in [3.05, 3.63) is 27.9 Å². The average molecular weight is 507 g/mol. The van der Waals surface area contributed by atoms with Crippen molar-refractivity contribution in [1.82, 2.24) is 25.1 Å². The summed E-state index contributed by atoms with van der Waals surface area (Å²) in [6, 6.07) is 3.62. The maximum atomic E-state index is 12.9. The fourth-order valence-electron chi connectivity index (χ4n) is 4.35. The second-order valence-electron chi connectivity index (χ2n) is 8.49. The molecule has 0 saturated carbocycles. The number of amides is 1. The van der Waals surface area contributed by atoms with Crippen LogP contribution in [0.4, 0.5) is 14.7 Å². The molecule has 5 N–H and O–H groups in total. The lowest BCUT2D eigenvalue weighted by molar-refractivity contribution is 0.0950. The van der Waals surface area contributed by atoms with Gasteiger partial charge >= 0.3 is 0 Å². The molecule has 0 radical (unpaired) electrons. The highest BCUT2D eigenvalue weighted by molar-refractivity contribution is 7.19. The van der Waals surface area contributed by atoms with Gasteiger partial charge in [0.2, 0.25) is 12.4 Å². The number of carbonyl (C=O) groups is 1. The number of piperidine rings is 1. The van der Waals surface area contributed by atoms with E-state index < -0.39 is 17.9 Å². The third-order valence-electron chi connectivity index (χ3n) is 6.10. The fraction of sp³-hybridized carbons (Fsp3) is 0.381. The summed E-state index contributed by atoms with van der Waals surface area (Å²) in [5.41, 5.74) is 13.0. The lowest BCUT2D eigenvalue weighted by Crippen LogP contribution is -2.51. The van der Waals surface area contributed by atoms with Crippen LogP contribution < -0.4 is 16.4 Å². The van der Waals surface area contributed by atoms with Gasteiger partial charge in [0.25, 0.3) is 5.91 Å². The van der Waals surface area contributed by atoms with Crippen molar-refractivity contribution in [2.45, 2.75) is 38.2 Å². The van der Waals surface area contributed by atoms with Gasteiger partial charge in [-0.1, -0.05) is 11.6 Å². The first-order valence-corrected chi connectivity index (χ1v) is 11.8. The molecule has 9 nitrogen and oxygen atoms in total. The van der Waals surface area contributed by atoms with E-state index in [1.54, 1.807) is 6.07 Å². The molecule has 1 fully saturated rings. The first kappa shape index (κ1) is 22.8. The normalized spacial score (nSPS) is 16.1. The Morgan fingerprint density at radius 1 is 1.29 bits per heavy atom. The molecular weight excluding hydrogens is 486 g/mol. The van der Waals surface area contributed by atoms with Gasteiger partial charge in [0, 0.05) is 30.6 Å². The number of rotatable bonds is 5. The minimum absolute atomic E-state index is 0.00226. The van der Waals surface area contributed by atoms with Crippen LogP contribution >= 0.6 is 22.9 Å². The number of halogens is 3. The molecule has 1 aliphatic rings. The standard InChI is InChI=1S/C21H21ClF2N8OS/c1-9-27-11-3-2-10(14(22)17(11)34-9)15-13-16(18(25)33)28-20(29-19(13)31-30-15)32-6-4-21(26,5-7-32)8-12(23)24/h2-3,12H,4-8,26H2,1H3,(H2,25,33)(H,28,29,30,31). The lowest BCUT2D eigenvalue weighted by atomic mass is 9.86. The van der Waals surface area contributed by atoms with Gasteiger partial charge in [-0.05, 0) is 31.9 Å². The number of aryl methyl sites for hydroxylation is 1. The van der Waals surface area contributed by atoms with E-state index in [1.807, 2.05) is 17.9 Å². The van der Waals surface area contributed by atoms with E-state index in [0.717, 1.165) is 15.2 Å². The third kappa shape index (κ3) is 3.95. The van der Waals surface area contributed by atoms with Crippen LogP contribution in [0, 0.1) is 6.92 Å². The van der Waals surface area contributed by atoms with E-state index in [4.69, 9.17) is 23.1 Å². The highest BCUT2D eigenvalue weighted by atomic mass is 35.5. The summed E-state index contributed by atoms with van der Waals surface area (Å²) in [5, 5.41) is 8.93. The molecule has 1 saturated heterocycles. The second-order valence-corrected chi connectivity index (χ2v) is 10.1. The van der Waals surface area contributed by atoms with Crippen LogP contribution in [0.25, 0.3) is 32.5 Å². The molecule has 3 aromatic heterocycles. The van der Waals surface area contributed by atoms with Gasteiger partial charge in [-0.25, -0.2) is 18.7 Å². The van der Waals surface area contributed by atoms with Crippen LogP contribution in [-0.4, -0.2) is 56.1 Å². The highest BCUT2D eigenvalue weighted by Gasteiger charge is 2.35. The smallest absolute Gasteiger partial charge is 0.268 e. The summed E-state index contributed by atoms with van der Waals surface area (Å²) in [6.07, 6.45) is -2.12. The first-order chi connectivity index (χ1) is 16.1. The topological polar surface area (TPSA) is 140 Å². The minimum atomic E-state index is -2.46. The molecule has 1 aromatic carbocycles. The van der Waals surface area contributed by atoms with Crippen molar-refractivity contribution in [2.75, 3.05) is 18.0 Å². The van der Waals surface area contributed by atoms with Gasteiger partial charge in [-0.2, -0.15) is 10.1 Å². The van der Waals surface area contributed by atoms with Crippen LogP contribution in [0.5, 0.6) is 0 Å². The minimum Gasteiger partial charge on any atom is -0.364 e. The molecule has 0 unspecified atom stereocenters. The molecule has 0 atom stereocenters. The zero-order chi connectivity index (χ0) is 24.2. The molecule has 0 bridgehead atoms. The number of hydrogen-bond donors (Lipinski definition) is 3. The number of fused-ring (bicyclic) bond motifs is 2. The Balaban J connectivity index is 1.55. The monoisotopic (exact) mass is 506 g/mol. The largest absolute Gasteiger partial charge is 0.364 e. The van der Waals surface area contributed by atoms with Crippen molar-refractivity contribution in [2.24, 2.45) is 11.5 Å². The van der Waals surface area contributed by atoms with Gasteiger partial charge < -0.3 is 16.4 Å². The predicted octanol–water partition coefficient (Wildman–Crippen LogP) is 3.64. The number of H-pyrrole nitrogens is 1. The van der Waals surface area contributed by atoms with Gasteiger partial charge in [0.1, 0.15) is 11.4 Å². The molecule has 0 aliphatic carbocycles. The predicted molar refractivity (Wildman–Crippen MR) is 128 cm³/mol. The molecule has 1 aliphatic heterocycles. The number of aromatic amines is 1. The van der Waals surface area contributed by atoms with Crippen molar-refractivity contribution >= 4 is 56.0 Å². The average Bonchev–Trinajstić information content (AvgIpc) is 3.36. The summed E-state index contributed by atoms with van der Waals surface area (Å²) in [5.74, 6) is -0.486. The SMILES string of the molecule is Cc1nc2ccc(-c3n[nH]c4nc(N5CCC(N)(CC(F)F)CC5)nc(C(N)=O)c34)c(Cl)c2s1. The summed E-state index contributed by atoms with van der Waals surface area (Å²) in [7, 11) is 0. The zero-order valence-corrected chi connectivity index (χ0v) is 19.7. The summed E-state index contributed by atoms with van der Waals surface area (Å²) in [4.78, 5) is 27.6. The third-order valence-corrected chi connectivity index (χ3v) is 7.61. The highest BCUT2D eigenvalue weighted by Crippen LogP contribution is 2.39. The Morgan fingerprint density at radius 2 is 2.03 bits per heavy atom. The zero-order valence-electron chi connectivity index (χ0n) is 18.1. The van der Waals surface area contributed by atoms with Gasteiger partial charge in [-0.15, -0.1) is 11.3 Å². The number of aromatic nitrogens is 5. The number of benzene rings is 1. The van der Waals surface area contributed by atoms with Crippen molar-refractivity contribution in [3.8, 4) is 11.3 Å². The molecular formula is C21H21ClF2N8OS. The van der Waals surface area contributed by atoms with Gasteiger partial charge in [0.05, 0.1) is 25.6 Å². The molecule has 1 amide bonds. The molecule has 178 valence electrons. The first-order valence-electron chi connectivity index (χ1n) is 10.6. The Bertz CT molecular complexity index is 1410. The van der Waals surface area contributed by atoms with Gasteiger partial charge in [0.15, 0.2) is 5.65 Å². The second kappa shape index (κ2) is 8.36. The quantitative estimate of drug-likeness (QED) is 0.375. The van der Waals surface area contributed by atoms with Crippen LogP contribution in [0.3, 0.4) is 0 Å². The maximum absolute atomic E-state index is 12.9. The Hall–Kier alpha value is -2.96. The van der Waals surface area contributed by atoms with E-state index in [1.165, 1.54) is 11.3 Å². The van der Waals surface area contributed by atoms with Crippen LogP contribution in [0.2, 0.25) is 5.02 Å². The molecule has 5 rings (SSSR count). The number of alkyl halides is 2. The number of hydrogen-bond acceptors (Lipinski definition) is 8. The summed E-state index contributed by atoms with van der Waals surface area (Å²) < 4.78 is 26.5. The number of nitrogens with one attached hydrogen (secondary N) is 1. The van der Waals surface area contributed by atoms with Crippen molar-refractivity contribution in [3.63, 3.8) is 0 Å². The molecule has 4 aromatic rings. The Labute approximate surface area is 201 Å². The molecule has 13 heteroatoms. The number of thiazole rings is 1. The van der Waals surface area contributed by atoms with Crippen LogP contribution in [0.15, 0.2) is 12.1 Å². The number of primary amides is 1. The van der Waals surface area contributed by atoms with Crippen molar-refractivity contribution < 1.29 is 13.6 Å². The summed E-state index contributed by atoms with van der Waals surface area (Å²) in [6.45, 7) is 2.65.